The maximum atomic E-state index is 12.4. The Balaban J connectivity index is 1.62. The highest BCUT2D eigenvalue weighted by molar-refractivity contribution is 7.10. The number of hydrogen-bond acceptors (Lipinski definition) is 5. The molecule has 2 aromatic rings. The van der Waals surface area contributed by atoms with Gasteiger partial charge in [-0.05, 0) is 29.2 Å². The zero-order valence-corrected chi connectivity index (χ0v) is 15.1. The number of piperazine rings is 1. The lowest BCUT2D eigenvalue weighted by Crippen LogP contribution is -2.49. The van der Waals surface area contributed by atoms with Gasteiger partial charge in [0.2, 0.25) is 5.91 Å². The van der Waals surface area contributed by atoms with E-state index in [4.69, 9.17) is 5.21 Å². The van der Waals surface area contributed by atoms with Crippen LogP contribution in [-0.4, -0.2) is 48.1 Å². The molecule has 6 nitrogen and oxygen atoms in total. The summed E-state index contributed by atoms with van der Waals surface area (Å²) in [6.45, 7) is 2.85. The third kappa shape index (κ3) is 4.50. The molecule has 0 bridgehead atoms. The van der Waals surface area contributed by atoms with Gasteiger partial charge in [0, 0.05) is 42.8 Å². The Labute approximate surface area is 156 Å². The molecule has 0 atom stereocenters. The molecule has 1 fully saturated rings. The number of nitrogens with zero attached hydrogens (tertiary/aromatic N) is 2. The van der Waals surface area contributed by atoms with Crippen molar-refractivity contribution in [2.75, 3.05) is 31.1 Å². The molecule has 1 aliphatic heterocycles. The highest BCUT2D eigenvalue weighted by atomic mass is 32.1. The van der Waals surface area contributed by atoms with Crippen molar-refractivity contribution in [3.8, 4) is 0 Å². The van der Waals surface area contributed by atoms with Crippen LogP contribution < -0.4 is 10.4 Å². The first-order valence-corrected chi connectivity index (χ1v) is 9.31. The topological polar surface area (TPSA) is 72.9 Å². The number of benzene rings is 1. The van der Waals surface area contributed by atoms with Crippen LogP contribution in [0.25, 0.3) is 6.08 Å². The molecule has 1 aromatic heterocycles. The van der Waals surface area contributed by atoms with Gasteiger partial charge in [-0.1, -0.05) is 24.3 Å². The average Bonchev–Trinajstić information content (AvgIpc) is 3.19. The zero-order valence-electron chi connectivity index (χ0n) is 14.3. The molecule has 1 saturated heterocycles. The summed E-state index contributed by atoms with van der Waals surface area (Å²) >= 11 is 1.61. The van der Waals surface area contributed by atoms with E-state index in [2.05, 4.69) is 4.90 Å². The SMILES string of the molecule is O=C(/C=C/c1ccccc1N1CCN(C(=O)Cc2cccs2)CC1)NO. The molecule has 7 heteroatoms. The first-order valence-electron chi connectivity index (χ1n) is 8.43. The molecule has 2 heterocycles. The van der Waals surface area contributed by atoms with Gasteiger partial charge in [0.1, 0.15) is 0 Å². The van der Waals surface area contributed by atoms with Crippen molar-refractivity contribution in [1.29, 1.82) is 0 Å². The molecule has 26 heavy (non-hydrogen) atoms. The van der Waals surface area contributed by atoms with Gasteiger partial charge >= 0.3 is 0 Å². The van der Waals surface area contributed by atoms with Gasteiger partial charge < -0.3 is 9.80 Å². The summed E-state index contributed by atoms with van der Waals surface area (Å²) in [7, 11) is 0. The van der Waals surface area contributed by atoms with Crippen molar-refractivity contribution in [3.63, 3.8) is 0 Å². The maximum absolute atomic E-state index is 12.4. The molecule has 0 saturated carbocycles. The normalized spacial score (nSPS) is 14.7. The second-order valence-electron chi connectivity index (χ2n) is 5.99. The summed E-state index contributed by atoms with van der Waals surface area (Å²) in [5.74, 6) is -0.399. The van der Waals surface area contributed by atoms with Crippen LogP contribution in [0.2, 0.25) is 0 Å². The molecule has 0 unspecified atom stereocenters. The number of hydroxylamine groups is 1. The average molecular weight is 371 g/mol. The van der Waals surface area contributed by atoms with Gasteiger partial charge in [-0.25, -0.2) is 5.48 Å². The number of carbonyl (C=O) groups excluding carboxylic acids is 2. The van der Waals surface area contributed by atoms with Crippen molar-refractivity contribution < 1.29 is 14.8 Å². The second-order valence-corrected chi connectivity index (χ2v) is 7.02. The minimum atomic E-state index is -0.566. The van der Waals surface area contributed by atoms with Crippen LogP contribution >= 0.6 is 11.3 Å². The van der Waals surface area contributed by atoms with E-state index >= 15 is 0 Å². The van der Waals surface area contributed by atoms with Crippen LogP contribution in [0.15, 0.2) is 47.9 Å². The molecular formula is C19H21N3O3S. The molecular weight excluding hydrogens is 350 g/mol. The quantitative estimate of drug-likeness (QED) is 0.480. The fourth-order valence-corrected chi connectivity index (χ4v) is 3.69. The first kappa shape index (κ1) is 18.2. The number of nitrogens with one attached hydrogen (secondary N) is 1. The van der Waals surface area contributed by atoms with Crippen molar-refractivity contribution in [2.45, 2.75) is 6.42 Å². The number of thiophene rings is 1. The number of amides is 2. The molecule has 136 valence electrons. The molecule has 2 amide bonds. The van der Waals surface area contributed by atoms with Gasteiger partial charge in [0.25, 0.3) is 5.91 Å². The lowest BCUT2D eigenvalue weighted by molar-refractivity contribution is -0.130. The van der Waals surface area contributed by atoms with Gasteiger partial charge in [0.05, 0.1) is 6.42 Å². The van der Waals surface area contributed by atoms with E-state index in [1.807, 2.05) is 46.7 Å². The summed E-state index contributed by atoms with van der Waals surface area (Å²) in [5, 5.41) is 10.6. The number of carbonyl (C=O) groups is 2. The highest BCUT2D eigenvalue weighted by Crippen LogP contribution is 2.23. The zero-order chi connectivity index (χ0) is 18.4. The molecule has 1 aromatic carbocycles. The smallest absolute Gasteiger partial charge is 0.267 e. The van der Waals surface area contributed by atoms with Crippen LogP contribution in [0.5, 0.6) is 0 Å². The third-order valence-electron chi connectivity index (χ3n) is 4.34. The monoisotopic (exact) mass is 371 g/mol. The Morgan fingerprint density at radius 1 is 1.12 bits per heavy atom. The van der Waals surface area contributed by atoms with E-state index in [0.717, 1.165) is 29.2 Å². The van der Waals surface area contributed by atoms with Crippen LogP contribution in [0, 0.1) is 0 Å². The first-order chi connectivity index (χ1) is 12.7. The van der Waals surface area contributed by atoms with Crippen molar-refractivity contribution >= 4 is 34.9 Å². The fourth-order valence-electron chi connectivity index (χ4n) is 2.99. The Morgan fingerprint density at radius 3 is 2.58 bits per heavy atom. The van der Waals surface area contributed by atoms with E-state index in [9.17, 15) is 9.59 Å². The van der Waals surface area contributed by atoms with E-state index in [0.29, 0.717) is 19.5 Å². The van der Waals surface area contributed by atoms with Crippen LogP contribution in [-0.2, 0) is 16.0 Å². The van der Waals surface area contributed by atoms with Crippen molar-refractivity contribution in [1.82, 2.24) is 10.4 Å². The van der Waals surface area contributed by atoms with Crippen LogP contribution in [0.4, 0.5) is 5.69 Å². The minimum absolute atomic E-state index is 0.167. The third-order valence-corrected chi connectivity index (χ3v) is 5.22. The second kappa shape index (κ2) is 8.64. The van der Waals surface area contributed by atoms with E-state index in [1.165, 1.54) is 6.08 Å². The summed E-state index contributed by atoms with van der Waals surface area (Å²) in [6.07, 6.45) is 3.43. The molecule has 2 N–H and O–H groups in total. The summed E-state index contributed by atoms with van der Waals surface area (Å²) < 4.78 is 0. The Kier molecular flexibility index (Phi) is 6.04. The van der Waals surface area contributed by atoms with Crippen LogP contribution in [0.1, 0.15) is 10.4 Å². The number of hydrogen-bond donors (Lipinski definition) is 2. The minimum Gasteiger partial charge on any atom is -0.367 e. The fraction of sp³-hybridized carbons (Fsp3) is 0.263. The molecule has 0 spiro atoms. The van der Waals surface area contributed by atoms with E-state index in [1.54, 1.807) is 22.9 Å². The molecule has 0 aliphatic carbocycles. The van der Waals surface area contributed by atoms with Crippen LogP contribution in [0.3, 0.4) is 0 Å². The lowest BCUT2D eigenvalue weighted by atomic mass is 10.1. The Bertz CT molecular complexity index is 781. The molecule has 0 radical (unpaired) electrons. The van der Waals surface area contributed by atoms with Crippen molar-refractivity contribution in [2.24, 2.45) is 0 Å². The predicted octanol–water partition coefficient (Wildman–Crippen LogP) is 2.16. The van der Waals surface area contributed by atoms with Crippen molar-refractivity contribution in [3.05, 3.63) is 58.3 Å². The van der Waals surface area contributed by atoms with Gasteiger partial charge in [-0.15, -0.1) is 11.3 Å². The van der Waals surface area contributed by atoms with Gasteiger partial charge in [0.15, 0.2) is 0 Å². The Morgan fingerprint density at radius 2 is 1.88 bits per heavy atom. The highest BCUT2D eigenvalue weighted by Gasteiger charge is 2.22. The number of para-hydroxylation sites is 1. The predicted molar refractivity (Wildman–Crippen MR) is 102 cm³/mol. The van der Waals surface area contributed by atoms with E-state index < -0.39 is 5.91 Å². The number of rotatable bonds is 5. The van der Waals surface area contributed by atoms with Gasteiger partial charge in [-0.2, -0.15) is 0 Å². The largest absolute Gasteiger partial charge is 0.367 e. The summed E-state index contributed by atoms with van der Waals surface area (Å²) in [4.78, 5) is 28.9. The summed E-state index contributed by atoms with van der Waals surface area (Å²) in [6, 6.07) is 11.7. The van der Waals surface area contributed by atoms with Gasteiger partial charge in [-0.3, -0.25) is 14.8 Å². The standard InChI is InChI=1S/C19H21N3O3S/c23-18(20-25)8-7-15-4-1-2-6-17(15)21-9-11-22(12-10-21)19(24)14-16-5-3-13-26-16/h1-8,13,25H,9-12,14H2,(H,20,23)/b8-7+. The lowest BCUT2D eigenvalue weighted by Gasteiger charge is -2.36. The van der Waals surface area contributed by atoms with E-state index in [-0.39, 0.29) is 5.91 Å². The maximum Gasteiger partial charge on any atom is 0.267 e. The Hall–Kier alpha value is -2.64. The number of anilines is 1. The molecule has 1 aliphatic rings. The summed E-state index contributed by atoms with van der Waals surface area (Å²) in [5.41, 5.74) is 3.50. The molecule has 3 rings (SSSR count).